The van der Waals surface area contributed by atoms with Crippen LogP contribution in [0.25, 0.3) is 11.0 Å². The van der Waals surface area contributed by atoms with Gasteiger partial charge in [0.2, 0.25) is 5.91 Å². The van der Waals surface area contributed by atoms with Crippen molar-refractivity contribution < 1.29 is 19.0 Å². The Morgan fingerprint density at radius 1 is 1.19 bits per heavy atom. The van der Waals surface area contributed by atoms with E-state index in [0.717, 1.165) is 60.6 Å². The summed E-state index contributed by atoms with van der Waals surface area (Å²) in [6, 6.07) is 15.6. The molecule has 1 amide bonds. The van der Waals surface area contributed by atoms with Gasteiger partial charge in [-0.3, -0.25) is 4.79 Å². The van der Waals surface area contributed by atoms with Crippen molar-refractivity contribution in [2.75, 3.05) is 20.3 Å². The molecule has 1 aliphatic rings. The summed E-state index contributed by atoms with van der Waals surface area (Å²) in [5.41, 5.74) is 2.01. The number of nitrogens with one attached hydrogen (secondary N) is 1. The minimum absolute atomic E-state index is 0.0567. The number of imidazole rings is 1. The molecular formula is C25H31N3O4. The van der Waals surface area contributed by atoms with Gasteiger partial charge in [-0.05, 0) is 56.9 Å². The molecule has 2 aromatic carbocycles. The molecule has 1 aromatic heterocycles. The first-order valence-electron chi connectivity index (χ1n) is 11.3. The number of para-hydroxylation sites is 4. The number of carbonyl (C=O) groups excluding carboxylic acids is 1. The van der Waals surface area contributed by atoms with E-state index in [0.29, 0.717) is 13.2 Å². The number of amides is 1. The molecule has 0 aliphatic carbocycles. The van der Waals surface area contributed by atoms with Crippen LogP contribution in [0, 0.1) is 0 Å². The quantitative estimate of drug-likeness (QED) is 0.480. The van der Waals surface area contributed by atoms with E-state index >= 15 is 0 Å². The molecular weight excluding hydrogens is 406 g/mol. The number of ether oxygens (including phenoxy) is 3. The number of fused-ring (bicyclic) bond motifs is 1. The van der Waals surface area contributed by atoms with Crippen LogP contribution in [-0.4, -0.2) is 41.9 Å². The molecule has 2 unspecified atom stereocenters. The highest BCUT2D eigenvalue weighted by Crippen LogP contribution is 2.26. The van der Waals surface area contributed by atoms with Crippen LogP contribution in [0.3, 0.4) is 0 Å². The maximum atomic E-state index is 12.5. The van der Waals surface area contributed by atoms with Crippen LogP contribution in [0.15, 0.2) is 48.5 Å². The van der Waals surface area contributed by atoms with E-state index in [9.17, 15) is 4.79 Å². The molecule has 0 bridgehead atoms. The number of carbonyl (C=O) groups is 1. The zero-order chi connectivity index (χ0) is 22.3. The molecule has 7 nitrogen and oxygen atoms in total. The first-order chi connectivity index (χ1) is 15.7. The lowest BCUT2D eigenvalue weighted by Gasteiger charge is -2.18. The standard InChI is InChI=1S/C25H31N3O4/c1-18(26-25(29)23-14-9-17-32-23)24-27-19-10-3-4-11-20(19)28(24)15-7-8-16-31-22-13-6-5-12-21(22)30-2/h3-6,10-13,18,23H,7-9,14-17H2,1-2H3,(H,26,29). The van der Waals surface area contributed by atoms with Gasteiger partial charge in [0.15, 0.2) is 11.5 Å². The number of nitrogens with zero attached hydrogens (tertiary/aromatic N) is 2. The maximum Gasteiger partial charge on any atom is 0.249 e. The molecule has 0 radical (unpaired) electrons. The van der Waals surface area contributed by atoms with E-state index in [4.69, 9.17) is 19.2 Å². The summed E-state index contributed by atoms with van der Waals surface area (Å²) in [6.07, 6.45) is 3.18. The molecule has 32 heavy (non-hydrogen) atoms. The molecule has 1 fully saturated rings. The summed E-state index contributed by atoms with van der Waals surface area (Å²) >= 11 is 0. The number of rotatable bonds is 10. The number of hydrogen-bond acceptors (Lipinski definition) is 5. The second-order valence-corrected chi connectivity index (χ2v) is 8.05. The Labute approximate surface area is 188 Å². The van der Waals surface area contributed by atoms with Gasteiger partial charge < -0.3 is 24.1 Å². The molecule has 1 N–H and O–H groups in total. The normalized spacial score (nSPS) is 16.8. The average Bonchev–Trinajstić information content (AvgIpc) is 3.48. The van der Waals surface area contributed by atoms with Crippen LogP contribution in [0.5, 0.6) is 11.5 Å². The minimum Gasteiger partial charge on any atom is -0.493 e. The first-order valence-corrected chi connectivity index (χ1v) is 11.3. The monoisotopic (exact) mass is 437 g/mol. The Kier molecular flexibility index (Phi) is 7.27. The Balaban J connectivity index is 1.39. The number of unbranched alkanes of at least 4 members (excludes halogenated alkanes) is 1. The van der Waals surface area contributed by atoms with Gasteiger partial charge in [0.1, 0.15) is 11.9 Å². The zero-order valence-electron chi connectivity index (χ0n) is 18.8. The van der Waals surface area contributed by atoms with E-state index in [1.54, 1.807) is 7.11 Å². The topological polar surface area (TPSA) is 74.6 Å². The van der Waals surface area contributed by atoms with Crippen LogP contribution in [0.2, 0.25) is 0 Å². The molecule has 2 atom stereocenters. The van der Waals surface area contributed by atoms with Crippen molar-refractivity contribution in [2.24, 2.45) is 0 Å². The van der Waals surface area contributed by atoms with Gasteiger partial charge in [0, 0.05) is 13.2 Å². The average molecular weight is 438 g/mol. The SMILES string of the molecule is COc1ccccc1OCCCCn1c(C(C)NC(=O)C2CCCO2)nc2ccccc21. The molecule has 1 saturated heterocycles. The molecule has 2 heterocycles. The summed E-state index contributed by atoms with van der Waals surface area (Å²) in [7, 11) is 1.65. The predicted molar refractivity (Wildman–Crippen MR) is 123 cm³/mol. The van der Waals surface area contributed by atoms with Crippen LogP contribution in [0.4, 0.5) is 0 Å². The summed E-state index contributed by atoms with van der Waals surface area (Å²) in [5, 5.41) is 3.09. The molecule has 1 aliphatic heterocycles. The third kappa shape index (κ3) is 5.05. The van der Waals surface area contributed by atoms with E-state index in [2.05, 4.69) is 16.0 Å². The fourth-order valence-corrected chi connectivity index (χ4v) is 4.11. The van der Waals surface area contributed by atoms with Crippen LogP contribution < -0.4 is 14.8 Å². The van der Waals surface area contributed by atoms with E-state index in [-0.39, 0.29) is 18.1 Å². The number of hydrogen-bond donors (Lipinski definition) is 1. The van der Waals surface area contributed by atoms with Gasteiger partial charge in [-0.1, -0.05) is 24.3 Å². The third-order valence-corrected chi connectivity index (χ3v) is 5.75. The highest BCUT2D eigenvalue weighted by Gasteiger charge is 2.26. The van der Waals surface area contributed by atoms with E-state index < -0.39 is 0 Å². The Bertz CT molecular complexity index is 1040. The molecule has 7 heteroatoms. The van der Waals surface area contributed by atoms with Gasteiger partial charge in [-0.15, -0.1) is 0 Å². The van der Waals surface area contributed by atoms with Crippen LogP contribution in [-0.2, 0) is 16.1 Å². The summed E-state index contributed by atoms with van der Waals surface area (Å²) in [5.74, 6) is 2.31. The van der Waals surface area contributed by atoms with Gasteiger partial charge >= 0.3 is 0 Å². The number of aromatic nitrogens is 2. The van der Waals surface area contributed by atoms with Gasteiger partial charge in [-0.25, -0.2) is 4.98 Å². The summed E-state index contributed by atoms with van der Waals surface area (Å²) in [4.78, 5) is 17.4. The van der Waals surface area contributed by atoms with Crippen molar-refractivity contribution in [3.63, 3.8) is 0 Å². The zero-order valence-corrected chi connectivity index (χ0v) is 18.8. The Morgan fingerprint density at radius 3 is 2.75 bits per heavy atom. The largest absolute Gasteiger partial charge is 0.493 e. The fraction of sp³-hybridized carbons (Fsp3) is 0.440. The molecule has 170 valence electrons. The van der Waals surface area contributed by atoms with E-state index in [1.165, 1.54) is 0 Å². The van der Waals surface area contributed by atoms with E-state index in [1.807, 2.05) is 49.4 Å². The third-order valence-electron chi connectivity index (χ3n) is 5.75. The first kappa shape index (κ1) is 22.1. The van der Waals surface area contributed by atoms with Gasteiger partial charge in [-0.2, -0.15) is 0 Å². The highest BCUT2D eigenvalue weighted by molar-refractivity contribution is 5.81. The fourth-order valence-electron chi connectivity index (χ4n) is 4.11. The minimum atomic E-state index is -0.345. The predicted octanol–water partition coefficient (Wildman–Crippen LogP) is 4.26. The second-order valence-electron chi connectivity index (χ2n) is 8.05. The highest BCUT2D eigenvalue weighted by atomic mass is 16.5. The summed E-state index contributed by atoms with van der Waals surface area (Å²) < 4.78 is 19.0. The van der Waals surface area contributed by atoms with Crippen molar-refractivity contribution in [3.05, 3.63) is 54.4 Å². The van der Waals surface area contributed by atoms with Crippen LogP contribution >= 0.6 is 0 Å². The Hall–Kier alpha value is -3.06. The lowest BCUT2D eigenvalue weighted by atomic mass is 10.2. The Morgan fingerprint density at radius 2 is 1.97 bits per heavy atom. The lowest BCUT2D eigenvalue weighted by Crippen LogP contribution is -2.36. The maximum absolute atomic E-state index is 12.5. The second kappa shape index (κ2) is 10.5. The van der Waals surface area contributed by atoms with Gasteiger partial charge in [0.25, 0.3) is 0 Å². The molecule has 0 saturated carbocycles. The van der Waals surface area contributed by atoms with Crippen molar-refractivity contribution in [2.45, 2.75) is 51.3 Å². The van der Waals surface area contributed by atoms with Crippen molar-refractivity contribution in [1.29, 1.82) is 0 Å². The molecule has 0 spiro atoms. The molecule has 3 aromatic rings. The number of methoxy groups -OCH3 is 1. The van der Waals surface area contributed by atoms with Gasteiger partial charge in [0.05, 0.1) is 30.8 Å². The summed E-state index contributed by atoms with van der Waals surface area (Å²) in [6.45, 7) is 4.04. The number of aryl methyl sites for hydroxylation is 1. The van der Waals surface area contributed by atoms with Crippen LogP contribution in [0.1, 0.15) is 44.5 Å². The lowest BCUT2D eigenvalue weighted by molar-refractivity contribution is -0.130. The molecule has 4 rings (SSSR count). The smallest absolute Gasteiger partial charge is 0.249 e. The van der Waals surface area contributed by atoms with Crippen molar-refractivity contribution >= 4 is 16.9 Å². The number of benzene rings is 2. The van der Waals surface area contributed by atoms with Crippen molar-refractivity contribution in [3.8, 4) is 11.5 Å². The van der Waals surface area contributed by atoms with Crippen molar-refractivity contribution in [1.82, 2.24) is 14.9 Å².